The minimum atomic E-state index is 0.183. The number of nitrogens with zero attached hydrogens (tertiary/aromatic N) is 1. The van der Waals surface area contributed by atoms with Crippen LogP contribution in [0.5, 0.6) is 5.75 Å². The van der Waals surface area contributed by atoms with Crippen molar-refractivity contribution in [3.8, 4) is 5.75 Å². The van der Waals surface area contributed by atoms with Gasteiger partial charge >= 0.3 is 0 Å². The predicted octanol–water partition coefficient (Wildman–Crippen LogP) is 3.96. The molecular weight excluding hydrogens is 262 g/mol. The highest BCUT2D eigenvalue weighted by atomic mass is 16.3. The summed E-state index contributed by atoms with van der Waals surface area (Å²) in [6.07, 6.45) is 8.76. The molecule has 1 aromatic carbocycles. The molecule has 0 aromatic heterocycles. The van der Waals surface area contributed by atoms with E-state index >= 15 is 0 Å². The third-order valence-electron chi connectivity index (χ3n) is 5.46. The quantitative estimate of drug-likeness (QED) is 0.894. The van der Waals surface area contributed by atoms with Crippen molar-refractivity contribution in [1.29, 1.82) is 0 Å². The highest BCUT2D eigenvalue weighted by Crippen LogP contribution is 2.43. The second-order valence-electron chi connectivity index (χ2n) is 6.73. The fourth-order valence-corrected chi connectivity index (χ4v) is 4.17. The summed E-state index contributed by atoms with van der Waals surface area (Å²) in [7, 11) is 1.85. The molecule has 0 saturated heterocycles. The Morgan fingerprint density at radius 1 is 1.05 bits per heavy atom. The molecule has 2 aliphatic rings. The summed E-state index contributed by atoms with van der Waals surface area (Å²) in [4.78, 5) is 14.5. The van der Waals surface area contributed by atoms with Crippen LogP contribution in [0.4, 0.5) is 5.69 Å². The van der Waals surface area contributed by atoms with Gasteiger partial charge < -0.3 is 10.0 Å². The van der Waals surface area contributed by atoms with Gasteiger partial charge in [0.15, 0.2) is 0 Å². The maximum absolute atomic E-state index is 12.7. The van der Waals surface area contributed by atoms with Crippen LogP contribution in [0.15, 0.2) is 24.3 Å². The summed E-state index contributed by atoms with van der Waals surface area (Å²) in [5.41, 5.74) is 0.864. The topological polar surface area (TPSA) is 40.5 Å². The molecule has 1 amide bonds. The van der Waals surface area contributed by atoms with Gasteiger partial charge in [-0.05, 0) is 55.4 Å². The molecule has 2 saturated carbocycles. The molecule has 1 N–H and O–H groups in total. The number of fused-ring (bicyclic) bond motifs is 1. The minimum absolute atomic E-state index is 0.183. The average Bonchev–Trinajstić information content (AvgIpc) is 2.54. The predicted molar refractivity (Wildman–Crippen MR) is 84.3 cm³/mol. The number of rotatable bonds is 2. The van der Waals surface area contributed by atoms with Gasteiger partial charge in [0.1, 0.15) is 5.75 Å². The molecular formula is C18H25NO2. The van der Waals surface area contributed by atoms with Crippen molar-refractivity contribution in [2.45, 2.75) is 44.9 Å². The molecule has 21 heavy (non-hydrogen) atoms. The van der Waals surface area contributed by atoms with Gasteiger partial charge in [-0.15, -0.1) is 0 Å². The van der Waals surface area contributed by atoms with Crippen molar-refractivity contribution in [3.63, 3.8) is 0 Å². The monoisotopic (exact) mass is 287 g/mol. The first kappa shape index (κ1) is 14.4. The zero-order valence-corrected chi connectivity index (χ0v) is 12.8. The molecule has 3 nitrogen and oxygen atoms in total. The number of carbonyl (C=O) groups is 1. The summed E-state index contributed by atoms with van der Waals surface area (Å²) in [5.74, 6) is 2.31. The number of benzene rings is 1. The van der Waals surface area contributed by atoms with E-state index in [9.17, 15) is 9.90 Å². The summed E-state index contributed by atoms with van der Waals surface area (Å²) in [5, 5.41) is 9.35. The third kappa shape index (κ3) is 3.07. The van der Waals surface area contributed by atoms with E-state index in [1.807, 2.05) is 7.05 Å². The Bertz CT molecular complexity index is 496. The van der Waals surface area contributed by atoms with Crippen molar-refractivity contribution in [1.82, 2.24) is 0 Å². The first-order chi connectivity index (χ1) is 10.1. The van der Waals surface area contributed by atoms with Gasteiger partial charge in [0.25, 0.3) is 0 Å². The largest absolute Gasteiger partial charge is 0.508 e. The molecule has 3 unspecified atom stereocenters. The fourth-order valence-electron chi connectivity index (χ4n) is 4.17. The van der Waals surface area contributed by atoms with Gasteiger partial charge in [0, 0.05) is 18.7 Å². The molecule has 0 radical (unpaired) electrons. The molecule has 2 fully saturated rings. The highest BCUT2D eigenvalue weighted by molar-refractivity contribution is 5.94. The van der Waals surface area contributed by atoms with Crippen LogP contribution in [-0.2, 0) is 4.79 Å². The van der Waals surface area contributed by atoms with Crippen LogP contribution in [0.1, 0.15) is 44.9 Å². The van der Waals surface area contributed by atoms with Crippen LogP contribution in [0.25, 0.3) is 0 Å². The Hall–Kier alpha value is -1.51. The maximum Gasteiger partial charge on any atom is 0.229 e. The SMILES string of the molecule is CN(C(=O)C1CCC2CCCCC2C1)c1ccc(O)cc1. The molecule has 2 aliphatic carbocycles. The maximum atomic E-state index is 12.7. The number of phenolic OH excluding ortho intramolecular Hbond substituents is 1. The summed E-state index contributed by atoms with van der Waals surface area (Å²) < 4.78 is 0. The standard InChI is InChI=1S/C18H25NO2/c1-19(16-8-10-17(20)11-9-16)18(21)15-7-6-13-4-2-3-5-14(13)12-15/h8-11,13-15,20H,2-7,12H2,1H3. The third-order valence-corrected chi connectivity index (χ3v) is 5.46. The average molecular weight is 287 g/mol. The Morgan fingerprint density at radius 3 is 2.43 bits per heavy atom. The molecule has 0 heterocycles. The molecule has 0 spiro atoms. The molecule has 0 bridgehead atoms. The lowest BCUT2D eigenvalue weighted by Crippen LogP contribution is -2.38. The molecule has 1 aromatic rings. The smallest absolute Gasteiger partial charge is 0.229 e. The van der Waals surface area contributed by atoms with Gasteiger partial charge in [0.2, 0.25) is 5.91 Å². The van der Waals surface area contributed by atoms with Crippen LogP contribution in [0.2, 0.25) is 0 Å². The number of anilines is 1. The van der Waals surface area contributed by atoms with Crippen LogP contribution >= 0.6 is 0 Å². The van der Waals surface area contributed by atoms with Crippen molar-refractivity contribution in [2.24, 2.45) is 17.8 Å². The number of hydrogen-bond acceptors (Lipinski definition) is 2. The lowest BCUT2D eigenvalue weighted by atomic mass is 9.67. The number of aromatic hydroxyl groups is 1. The van der Waals surface area contributed by atoms with Crippen molar-refractivity contribution >= 4 is 11.6 Å². The van der Waals surface area contributed by atoms with E-state index in [0.29, 0.717) is 0 Å². The van der Waals surface area contributed by atoms with E-state index in [0.717, 1.165) is 30.4 Å². The Morgan fingerprint density at radius 2 is 1.71 bits per heavy atom. The van der Waals surface area contributed by atoms with Crippen molar-refractivity contribution < 1.29 is 9.90 Å². The van der Waals surface area contributed by atoms with Gasteiger partial charge in [0.05, 0.1) is 0 Å². The lowest BCUT2D eigenvalue weighted by Gasteiger charge is -2.39. The van der Waals surface area contributed by atoms with Crippen molar-refractivity contribution in [2.75, 3.05) is 11.9 Å². The van der Waals surface area contributed by atoms with Crippen molar-refractivity contribution in [3.05, 3.63) is 24.3 Å². The lowest BCUT2D eigenvalue weighted by molar-refractivity contribution is -0.124. The van der Waals surface area contributed by atoms with E-state index in [4.69, 9.17) is 0 Å². The number of carbonyl (C=O) groups excluding carboxylic acids is 1. The van der Waals surface area contributed by atoms with E-state index < -0.39 is 0 Å². The van der Waals surface area contributed by atoms with Gasteiger partial charge in [-0.3, -0.25) is 4.79 Å². The van der Waals surface area contributed by atoms with E-state index in [1.165, 1.54) is 32.1 Å². The molecule has 114 valence electrons. The van der Waals surface area contributed by atoms with E-state index in [-0.39, 0.29) is 17.6 Å². The van der Waals surface area contributed by atoms with E-state index in [2.05, 4.69) is 0 Å². The van der Waals surface area contributed by atoms with Crippen LogP contribution in [0.3, 0.4) is 0 Å². The molecule has 3 heteroatoms. The second-order valence-corrected chi connectivity index (χ2v) is 6.73. The van der Waals surface area contributed by atoms with Gasteiger partial charge in [-0.25, -0.2) is 0 Å². The highest BCUT2D eigenvalue weighted by Gasteiger charge is 2.36. The van der Waals surface area contributed by atoms with E-state index in [1.54, 1.807) is 29.2 Å². The normalized spacial score (nSPS) is 28.7. The summed E-state index contributed by atoms with van der Waals surface area (Å²) in [6, 6.07) is 6.88. The first-order valence-corrected chi connectivity index (χ1v) is 8.22. The fraction of sp³-hybridized carbons (Fsp3) is 0.611. The number of amides is 1. The minimum Gasteiger partial charge on any atom is -0.508 e. The molecule has 3 rings (SSSR count). The Labute approximate surface area is 127 Å². The van der Waals surface area contributed by atoms with Gasteiger partial charge in [-0.1, -0.05) is 25.7 Å². The first-order valence-electron chi connectivity index (χ1n) is 8.22. The van der Waals surface area contributed by atoms with Crippen LogP contribution < -0.4 is 4.90 Å². The number of phenols is 1. The molecule has 0 aliphatic heterocycles. The zero-order valence-electron chi connectivity index (χ0n) is 12.8. The summed E-state index contributed by atoms with van der Waals surface area (Å²) in [6.45, 7) is 0. The van der Waals surface area contributed by atoms with Crippen LogP contribution in [-0.4, -0.2) is 18.1 Å². The molecule has 3 atom stereocenters. The zero-order chi connectivity index (χ0) is 14.8. The Kier molecular flexibility index (Phi) is 4.18. The van der Waals surface area contributed by atoms with Crippen LogP contribution in [0, 0.1) is 17.8 Å². The second kappa shape index (κ2) is 6.08. The Balaban J connectivity index is 1.66. The summed E-state index contributed by atoms with van der Waals surface area (Å²) >= 11 is 0. The van der Waals surface area contributed by atoms with Gasteiger partial charge in [-0.2, -0.15) is 0 Å². The number of hydrogen-bond donors (Lipinski definition) is 1.